The fourth-order valence-corrected chi connectivity index (χ4v) is 0.852. The Balaban J connectivity index is 0.000000810. The molecule has 0 spiro atoms. The fourth-order valence-electron chi connectivity index (χ4n) is 0.852. The summed E-state index contributed by atoms with van der Waals surface area (Å²) >= 11 is 0. The second-order valence-electron chi connectivity index (χ2n) is 2.18. The van der Waals surface area contributed by atoms with E-state index >= 15 is 0 Å². The minimum atomic E-state index is -0.127. The maximum absolute atomic E-state index is 10.6. The molecule has 0 aromatic heterocycles. The largest absolute Gasteiger partial charge is 0.296 e. The average molecular weight is 164 g/mol. The molecule has 0 radical (unpaired) electrons. The molecule has 0 aromatic carbocycles. The van der Waals surface area contributed by atoms with Crippen LogP contribution in [0.3, 0.4) is 0 Å². The summed E-state index contributed by atoms with van der Waals surface area (Å²) in [6.07, 6.45) is 2.70. The highest BCUT2D eigenvalue weighted by atomic mass is 35.5. The predicted octanol–water partition coefficient (Wildman–Crippen LogP) is 0.625. The first-order chi connectivity index (χ1) is 4.29. The van der Waals surface area contributed by atoms with E-state index in [-0.39, 0.29) is 24.2 Å². The smallest absolute Gasteiger partial charge is 0.226 e. The zero-order valence-electron chi connectivity index (χ0n) is 5.55. The molecule has 1 fully saturated rings. The van der Waals surface area contributed by atoms with Crippen LogP contribution in [-0.4, -0.2) is 11.8 Å². The summed E-state index contributed by atoms with van der Waals surface area (Å²) in [5, 5.41) is 2.26. The fraction of sp³-hybridized carbons (Fsp3) is 0.667. The number of hydrogen-bond acceptors (Lipinski definition) is 2. The number of halogens is 1. The van der Waals surface area contributed by atoms with Crippen LogP contribution in [0.5, 0.6) is 0 Å². The van der Waals surface area contributed by atoms with E-state index in [0.29, 0.717) is 12.8 Å². The van der Waals surface area contributed by atoms with E-state index in [2.05, 4.69) is 5.32 Å². The lowest BCUT2D eigenvalue weighted by Crippen LogP contribution is -2.27. The maximum Gasteiger partial charge on any atom is 0.226 e. The number of nitrogens with one attached hydrogen (secondary N) is 1. The minimum absolute atomic E-state index is 0. The summed E-state index contributed by atoms with van der Waals surface area (Å²) in [6.45, 7) is 0. The van der Waals surface area contributed by atoms with Crippen molar-refractivity contribution in [3.8, 4) is 0 Å². The van der Waals surface area contributed by atoms with Gasteiger partial charge in [-0.25, -0.2) is 0 Å². The van der Waals surface area contributed by atoms with Crippen molar-refractivity contribution in [2.24, 2.45) is 0 Å². The van der Waals surface area contributed by atoms with Gasteiger partial charge in [0.2, 0.25) is 11.8 Å². The monoisotopic (exact) mass is 163 g/mol. The van der Waals surface area contributed by atoms with E-state index in [0.717, 1.165) is 12.8 Å². The third kappa shape index (κ3) is 2.82. The lowest BCUT2D eigenvalue weighted by atomic mass is 10.2. The van der Waals surface area contributed by atoms with E-state index in [1.807, 2.05) is 0 Å². The minimum Gasteiger partial charge on any atom is -0.296 e. The molecule has 3 nitrogen and oxygen atoms in total. The number of imide groups is 1. The second kappa shape index (κ2) is 4.28. The summed E-state index contributed by atoms with van der Waals surface area (Å²) in [4.78, 5) is 21.1. The molecule has 10 heavy (non-hydrogen) atoms. The molecule has 1 heterocycles. The molecular formula is C6H10ClNO2. The number of rotatable bonds is 0. The van der Waals surface area contributed by atoms with Crippen molar-refractivity contribution in [3.63, 3.8) is 0 Å². The lowest BCUT2D eigenvalue weighted by molar-refractivity contribution is -0.129. The Morgan fingerprint density at radius 3 is 1.80 bits per heavy atom. The van der Waals surface area contributed by atoms with Crippen LogP contribution in [0.2, 0.25) is 0 Å². The Kier molecular flexibility index (Phi) is 4.03. The van der Waals surface area contributed by atoms with Gasteiger partial charge in [0.15, 0.2) is 0 Å². The molecule has 1 rings (SSSR count). The van der Waals surface area contributed by atoms with E-state index in [1.54, 1.807) is 0 Å². The molecule has 0 saturated carbocycles. The third-order valence-electron chi connectivity index (χ3n) is 1.34. The molecular weight excluding hydrogens is 154 g/mol. The Hall–Kier alpha value is -0.570. The van der Waals surface area contributed by atoms with Gasteiger partial charge in [-0.15, -0.1) is 12.4 Å². The Morgan fingerprint density at radius 1 is 1.00 bits per heavy atom. The van der Waals surface area contributed by atoms with Crippen LogP contribution in [0.1, 0.15) is 25.7 Å². The van der Waals surface area contributed by atoms with Gasteiger partial charge < -0.3 is 0 Å². The van der Waals surface area contributed by atoms with Gasteiger partial charge in [0.25, 0.3) is 0 Å². The van der Waals surface area contributed by atoms with E-state index < -0.39 is 0 Å². The Morgan fingerprint density at radius 2 is 1.40 bits per heavy atom. The predicted molar refractivity (Wildman–Crippen MR) is 38.9 cm³/mol. The average Bonchev–Trinajstić information content (AvgIpc) is 1.93. The number of carbonyl (C=O) groups is 2. The molecule has 0 aromatic rings. The van der Waals surface area contributed by atoms with Crippen molar-refractivity contribution >= 4 is 24.2 Å². The van der Waals surface area contributed by atoms with E-state index in [4.69, 9.17) is 0 Å². The maximum atomic E-state index is 10.6. The topological polar surface area (TPSA) is 46.2 Å². The summed E-state index contributed by atoms with van der Waals surface area (Å²) in [7, 11) is 0. The van der Waals surface area contributed by atoms with Gasteiger partial charge in [-0.1, -0.05) is 0 Å². The Labute approximate surface area is 65.6 Å². The first kappa shape index (κ1) is 9.43. The quantitative estimate of drug-likeness (QED) is 0.533. The molecule has 1 saturated heterocycles. The van der Waals surface area contributed by atoms with Crippen LogP contribution in [0.25, 0.3) is 0 Å². The molecule has 1 aliphatic heterocycles. The SMILES string of the molecule is Cl.O=C1CCCCC(=O)N1. The van der Waals surface area contributed by atoms with Crippen LogP contribution in [0.15, 0.2) is 0 Å². The molecule has 0 unspecified atom stereocenters. The second-order valence-corrected chi connectivity index (χ2v) is 2.18. The van der Waals surface area contributed by atoms with E-state index in [1.165, 1.54) is 0 Å². The van der Waals surface area contributed by atoms with Gasteiger partial charge in [-0.2, -0.15) is 0 Å². The van der Waals surface area contributed by atoms with Crippen molar-refractivity contribution < 1.29 is 9.59 Å². The van der Waals surface area contributed by atoms with Crippen LogP contribution in [-0.2, 0) is 9.59 Å². The molecule has 58 valence electrons. The molecule has 1 aliphatic rings. The third-order valence-corrected chi connectivity index (χ3v) is 1.34. The molecule has 0 bridgehead atoms. The van der Waals surface area contributed by atoms with Crippen molar-refractivity contribution in [1.29, 1.82) is 0 Å². The van der Waals surface area contributed by atoms with Crippen molar-refractivity contribution in [2.75, 3.05) is 0 Å². The van der Waals surface area contributed by atoms with E-state index in [9.17, 15) is 9.59 Å². The van der Waals surface area contributed by atoms with Gasteiger partial charge in [-0.05, 0) is 12.8 Å². The van der Waals surface area contributed by atoms with Crippen LogP contribution in [0.4, 0.5) is 0 Å². The van der Waals surface area contributed by atoms with Crippen molar-refractivity contribution in [1.82, 2.24) is 5.32 Å². The first-order valence-corrected chi connectivity index (χ1v) is 3.12. The van der Waals surface area contributed by atoms with Gasteiger partial charge in [0, 0.05) is 12.8 Å². The zero-order chi connectivity index (χ0) is 6.69. The highest BCUT2D eigenvalue weighted by Crippen LogP contribution is 2.03. The lowest BCUT2D eigenvalue weighted by Gasteiger charge is -1.93. The highest BCUT2D eigenvalue weighted by molar-refractivity contribution is 5.95. The molecule has 0 aliphatic carbocycles. The molecule has 0 atom stereocenters. The van der Waals surface area contributed by atoms with Crippen LogP contribution >= 0.6 is 12.4 Å². The zero-order valence-corrected chi connectivity index (χ0v) is 6.37. The highest BCUT2D eigenvalue weighted by Gasteiger charge is 2.11. The first-order valence-electron chi connectivity index (χ1n) is 3.12. The number of amides is 2. The molecule has 1 N–H and O–H groups in total. The summed E-state index contributed by atoms with van der Waals surface area (Å²) in [5.74, 6) is -0.255. The normalized spacial score (nSPS) is 18.8. The van der Waals surface area contributed by atoms with Gasteiger partial charge >= 0.3 is 0 Å². The van der Waals surface area contributed by atoms with Crippen LogP contribution in [0, 0.1) is 0 Å². The summed E-state index contributed by atoms with van der Waals surface area (Å²) in [5.41, 5.74) is 0. The van der Waals surface area contributed by atoms with Crippen molar-refractivity contribution in [2.45, 2.75) is 25.7 Å². The standard InChI is InChI=1S/C6H9NO2.ClH/c8-5-3-1-2-4-6(9)7-5;/h1-4H2,(H,7,8,9);1H. The molecule has 4 heteroatoms. The summed E-state index contributed by atoms with van der Waals surface area (Å²) < 4.78 is 0. The van der Waals surface area contributed by atoms with Gasteiger partial charge in [0.05, 0.1) is 0 Å². The van der Waals surface area contributed by atoms with Crippen LogP contribution < -0.4 is 5.32 Å². The van der Waals surface area contributed by atoms with Gasteiger partial charge in [-0.3, -0.25) is 14.9 Å². The number of hydrogen-bond donors (Lipinski definition) is 1. The number of carbonyl (C=O) groups excluding carboxylic acids is 2. The molecule has 2 amide bonds. The van der Waals surface area contributed by atoms with Crippen molar-refractivity contribution in [3.05, 3.63) is 0 Å². The Bertz CT molecular complexity index is 131. The van der Waals surface area contributed by atoms with Gasteiger partial charge in [0.1, 0.15) is 0 Å². The summed E-state index contributed by atoms with van der Waals surface area (Å²) in [6, 6.07) is 0.